The fourth-order valence-electron chi connectivity index (χ4n) is 1.16. The molecule has 0 unspecified atom stereocenters. The van der Waals surface area contributed by atoms with E-state index in [1.54, 1.807) is 12.3 Å². The third-order valence-electron chi connectivity index (χ3n) is 1.89. The zero-order chi connectivity index (χ0) is 11.4. The summed E-state index contributed by atoms with van der Waals surface area (Å²) in [5, 5.41) is 11.8. The molecular formula is C11H7IN4. The number of hydrogen-bond acceptors (Lipinski definition) is 4. The summed E-state index contributed by atoms with van der Waals surface area (Å²) in [5.74, 6) is 0.433. The van der Waals surface area contributed by atoms with Crippen molar-refractivity contribution in [3.8, 4) is 6.07 Å². The number of nitrogens with zero attached hydrogens (tertiary/aromatic N) is 3. The van der Waals surface area contributed by atoms with Crippen LogP contribution in [-0.2, 0) is 0 Å². The van der Waals surface area contributed by atoms with Crippen LogP contribution in [0.25, 0.3) is 0 Å². The van der Waals surface area contributed by atoms with Gasteiger partial charge in [0.25, 0.3) is 0 Å². The highest BCUT2D eigenvalue weighted by atomic mass is 127. The predicted molar refractivity (Wildman–Crippen MR) is 69.2 cm³/mol. The summed E-state index contributed by atoms with van der Waals surface area (Å²) in [6, 6.07) is 11.4. The van der Waals surface area contributed by atoms with E-state index in [1.165, 1.54) is 0 Å². The lowest BCUT2D eigenvalue weighted by Crippen LogP contribution is -1.99. The number of aromatic nitrogens is 2. The highest BCUT2D eigenvalue weighted by Gasteiger charge is 2.01. The number of halogens is 1. The second kappa shape index (κ2) is 4.90. The Morgan fingerprint density at radius 2 is 2.06 bits per heavy atom. The van der Waals surface area contributed by atoms with Crippen molar-refractivity contribution in [3.05, 3.63) is 45.8 Å². The van der Waals surface area contributed by atoms with Gasteiger partial charge in [-0.05, 0) is 40.8 Å². The average molecular weight is 322 g/mol. The summed E-state index contributed by atoms with van der Waals surface area (Å²) in [7, 11) is 0. The molecule has 0 atom stereocenters. The van der Waals surface area contributed by atoms with Gasteiger partial charge in [-0.1, -0.05) is 12.1 Å². The number of hydrogen-bond donors (Lipinski definition) is 1. The molecule has 16 heavy (non-hydrogen) atoms. The van der Waals surface area contributed by atoms with Crippen LogP contribution in [0.4, 0.5) is 11.6 Å². The maximum Gasteiger partial charge on any atom is 0.228 e. The zero-order valence-corrected chi connectivity index (χ0v) is 10.3. The van der Waals surface area contributed by atoms with Gasteiger partial charge in [-0.25, -0.2) is 9.97 Å². The van der Waals surface area contributed by atoms with Crippen LogP contribution in [0.2, 0.25) is 0 Å². The molecule has 0 aliphatic carbocycles. The Morgan fingerprint density at radius 3 is 2.81 bits per heavy atom. The predicted octanol–water partition coefficient (Wildman–Crippen LogP) is 2.70. The molecule has 0 saturated heterocycles. The SMILES string of the molecule is N#Cc1ccnc(Nc2ccccc2I)n1. The molecular weight excluding hydrogens is 315 g/mol. The number of anilines is 2. The Morgan fingerprint density at radius 1 is 1.25 bits per heavy atom. The van der Waals surface area contributed by atoms with E-state index < -0.39 is 0 Å². The molecule has 1 heterocycles. The van der Waals surface area contributed by atoms with E-state index in [-0.39, 0.29) is 0 Å². The highest BCUT2D eigenvalue weighted by molar-refractivity contribution is 14.1. The fourth-order valence-corrected chi connectivity index (χ4v) is 1.69. The molecule has 78 valence electrons. The first-order chi connectivity index (χ1) is 7.79. The minimum absolute atomic E-state index is 0.350. The minimum atomic E-state index is 0.350. The normalized spacial score (nSPS) is 9.50. The molecule has 0 amide bonds. The van der Waals surface area contributed by atoms with Crippen LogP contribution >= 0.6 is 22.6 Å². The monoisotopic (exact) mass is 322 g/mol. The summed E-state index contributed by atoms with van der Waals surface area (Å²) in [6.45, 7) is 0. The Kier molecular flexibility index (Phi) is 3.31. The van der Waals surface area contributed by atoms with E-state index in [9.17, 15) is 0 Å². The zero-order valence-electron chi connectivity index (χ0n) is 8.18. The molecule has 0 spiro atoms. The van der Waals surface area contributed by atoms with E-state index in [1.807, 2.05) is 30.3 Å². The second-order valence-electron chi connectivity index (χ2n) is 2.98. The molecule has 1 aromatic carbocycles. The minimum Gasteiger partial charge on any atom is -0.323 e. The summed E-state index contributed by atoms with van der Waals surface area (Å²) in [4.78, 5) is 8.09. The van der Waals surface area contributed by atoms with Gasteiger partial charge in [-0.2, -0.15) is 5.26 Å². The molecule has 0 radical (unpaired) electrons. The molecule has 1 aromatic heterocycles. The molecule has 2 rings (SSSR count). The summed E-state index contributed by atoms with van der Waals surface area (Å²) >= 11 is 2.22. The van der Waals surface area contributed by atoms with Gasteiger partial charge in [0.2, 0.25) is 5.95 Å². The Labute approximate surface area is 106 Å². The van der Waals surface area contributed by atoms with Crippen LogP contribution in [-0.4, -0.2) is 9.97 Å². The van der Waals surface area contributed by atoms with E-state index in [0.29, 0.717) is 11.6 Å². The third kappa shape index (κ3) is 2.46. The molecule has 4 nitrogen and oxygen atoms in total. The van der Waals surface area contributed by atoms with Gasteiger partial charge in [0, 0.05) is 9.77 Å². The first-order valence-corrected chi connectivity index (χ1v) is 5.62. The van der Waals surface area contributed by atoms with E-state index in [0.717, 1.165) is 9.26 Å². The number of para-hydroxylation sites is 1. The second-order valence-corrected chi connectivity index (χ2v) is 4.14. The van der Waals surface area contributed by atoms with Crippen LogP contribution in [0.5, 0.6) is 0 Å². The molecule has 0 bridgehead atoms. The first kappa shape index (κ1) is 10.8. The maximum absolute atomic E-state index is 8.71. The number of benzene rings is 1. The number of nitrogens with one attached hydrogen (secondary N) is 1. The molecule has 0 saturated carbocycles. The van der Waals surface area contributed by atoms with E-state index in [4.69, 9.17) is 5.26 Å². The van der Waals surface area contributed by atoms with Crippen LogP contribution in [0.15, 0.2) is 36.5 Å². The van der Waals surface area contributed by atoms with Gasteiger partial charge in [0.05, 0.1) is 5.69 Å². The maximum atomic E-state index is 8.71. The van der Waals surface area contributed by atoms with Gasteiger partial charge >= 0.3 is 0 Å². The third-order valence-corrected chi connectivity index (χ3v) is 2.83. The molecule has 5 heteroatoms. The van der Waals surface area contributed by atoms with Crippen molar-refractivity contribution in [2.45, 2.75) is 0 Å². The summed E-state index contributed by atoms with van der Waals surface area (Å²) in [5.41, 5.74) is 1.28. The van der Waals surface area contributed by atoms with Crippen LogP contribution < -0.4 is 5.32 Å². The van der Waals surface area contributed by atoms with Crippen molar-refractivity contribution < 1.29 is 0 Å². The Bertz CT molecular complexity index is 548. The summed E-state index contributed by atoms with van der Waals surface area (Å²) < 4.78 is 1.08. The lowest BCUT2D eigenvalue weighted by atomic mass is 10.3. The first-order valence-electron chi connectivity index (χ1n) is 4.54. The lowest BCUT2D eigenvalue weighted by Gasteiger charge is -2.05. The molecule has 2 aromatic rings. The Hall–Kier alpha value is -1.68. The van der Waals surface area contributed by atoms with Crippen molar-refractivity contribution >= 4 is 34.2 Å². The quantitative estimate of drug-likeness (QED) is 0.864. The van der Waals surface area contributed by atoms with Crippen molar-refractivity contribution in [1.29, 1.82) is 5.26 Å². The summed E-state index contributed by atoms with van der Waals surface area (Å²) in [6.07, 6.45) is 1.56. The van der Waals surface area contributed by atoms with E-state index in [2.05, 4.69) is 37.9 Å². The molecule has 0 fully saturated rings. The smallest absolute Gasteiger partial charge is 0.228 e. The molecule has 0 aliphatic rings. The largest absolute Gasteiger partial charge is 0.323 e. The molecule has 1 N–H and O–H groups in total. The van der Waals surface area contributed by atoms with Crippen LogP contribution in [0, 0.1) is 14.9 Å². The van der Waals surface area contributed by atoms with Crippen molar-refractivity contribution in [3.63, 3.8) is 0 Å². The van der Waals surface area contributed by atoms with Crippen LogP contribution in [0.1, 0.15) is 5.69 Å². The fraction of sp³-hybridized carbons (Fsp3) is 0. The average Bonchev–Trinajstić information content (AvgIpc) is 2.32. The van der Waals surface area contributed by atoms with E-state index >= 15 is 0 Å². The van der Waals surface area contributed by atoms with Gasteiger partial charge in [0.15, 0.2) is 0 Å². The lowest BCUT2D eigenvalue weighted by molar-refractivity contribution is 1.14. The van der Waals surface area contributed by atoms with Gasteiger partial charge in [-0.3, -0.25) is 0 Å². The van der Waals surface area contributed by atoms with Gasteiger partial charge in [-0.15, -0.1) is 0 Å². The van der Waals surface area contributed by atoms with Crippen molar-refractivity contribution in [2.75, 3.05) is 5.32 Å². The van der Waals surface area contributed by atoms with Crippen molar-refractivity contribution in [2.24, 2.45) is 0 Å². The standard InChI is InChI=1S/C11H7IN4/c12-9-3-1-2-4-10(9)16-11-14-6-5-8(7-13)15-11/h1-6H,(H,14,15,16). The van der Waals surface area contributed by atoms with Gasteiger partial charge in [0.1, 0.15) is 11.8 Å². The highest BCUT2D eigenvalue weighted by Crippen LogP contribution is 2.19. The topological polar surface area (TPSA) is 61.6 Å². The number of rotatable bonds is 2. The van der Waals surface area contributed by atoms with Gasteiger partial charge < -0.3 is 5.32 Å². The molecule has 0 aliphatic heterocycles. The van der Waals surface area contributed by atoms with Crippen LogP contribution in [0.3, 0.4) is 0 Å². The Balaban J connectivity index is 2.28. The van der Waals surface area contributed by atoms with Crippen molar-refractivity contribution in [1.82, 2.24) is 9.97 Å². The number of nitriles is 1.